The third kappa shape index (κ3) is 6.53. The molecule has 110 valence electrons. The zero-order valence-corrected chi connectivity index (χ0v) is 10.4. The van der Waals surface area contributed by atoms with Crippen molar-refractivity contribution in [2.75, 3.05) is 11.9 Å². The Labute approximate surface area is 113 Å². The highest BCUT2D eigenvalue weighted by atomic mass is 19.3. The smallest absolute Gasteiger partial charge is 0.387 e. The van der Waals surface area contributed by atoms with Crippen LogP contribution in [0.3, 0.4) is 0 Å². The molecule has 0 saturated heterocycles. The molecule has 0 atom stereocenters. The molecule has 0 aliphatic rings. The van der Waals surface area contributed by atoms with E-state index in [0.717, 1.165) is 0 Å². The van der Waals surface area contributed by atoms with Gasteiger partial charge in [0, 0.05) is 18.7 Å². The first kappa shape index (κ1) is 15.7. The zero-order chi connectivity index (χ0) is 15.0. The number of carboxylic acids is 1. The Balaban J connectivity index is 2.32. The van der Waals surface area contributed by atoms with Gasteiger partial charge in [0.25, 0.3) is 0 Å². The third-order valence-corrected chi connectivity index (χ3v) is 2.19. The third-order valence-electron chi connectivity index (χ3n) is 2.19. The molecule has 20 heavy (non-hydrogen) atoms. The summed E-state index contributed by atoms with van der Waals surface area (Å²) >= 11 is 0. The molecule has 1 aromatic rings. The fraction of sp³-hybridized carbons (Fsp3) is 0.333. The predicted octanol–water partition coefficient (Wildman–Crippen LogP) is 2.27. The number of aliphatic carboxylic acids is 1. The van der Waals surface area contributed by atoms with E-state index in [9.17, 15) is 18.4 Å². The van der Waals surface area contributed by atoms with E-state index in [0.29, 0.717) is 12.1 Å². The average Bonchev–Trinajstić information content (AvgIpc) is 2.36. The minimum Gasteiger partial charge on any atom is -0.481 e. The van der Waals surface area contributed by atoms with Crippen LogP contribution in [-0.4, -0.2) is 30.3 Å². The summed E-state index contributed by atoms with van der Waals surface area (Å²) in [6, 6.07) is 4.92. The van der Waals surface area contributed by atoms with E-state index in [-0.39, 0.29) is 18.7 Å². The average molecular weight is 288 g/mol. The van der Waals surface area contributed by atoms with E-state index in [4.69, 9.17) is 5.11 Å². The molecule has 0 fully saturated rings. The number of alkyl halides is 2. The lowest BCUT2D eigenvalue weighted by molar-refractivity contribution is -0.137. The molecule has 1 aromatic carbocycles. The summed E-state index contributed by atoms with van der Waals surface area (Å²) in [5.74, 6) is -0.936. The van der Waals surface area contributed by atoms with Gasteiger partial charge in [-0.3, -0.25) is 4.79 Å². The highest BCUT2D eigenvalue weighted by Gasteiger charge is 2.05. The molecule has 6 nitrogen and oxygen atoms in total. The molecule has 8 heteroatoms. The fourth-order valence-corrected chi connectivity index (χ4v) is 1.34. The number of amides is 2. The molecule has 0 heterocycles. The van der Waals surface area contributed by atoms with Crippen molar-refractivity contribution in [1.29, 1.82) is 0 Å². The van der Waals surface area contributed by atoms with Crippen molar-refractivity contribution < 1.29 is 28.2 Å². The van der Waals surface area contributed by atoms with Crippen LogP contribution < -0.4 is 15.4 Å². The van der Waals surface area contributed by atoms with Crippen LogP contribution in [0.5, 0.6) is 5.75 Å². The lowest BCUT2D eigenvalue weighted by Crippen LogP contribution is -2.29. The minimum absolute atomic E-state index is 0.00702. The first-order valence-corrected chi connectivity index (χ1v) is 5.79. The van der Waals surface area contributed by atoms with Crippen molar-refractivity contribution in [2.24, 2.45) is 0 Å². The van der Waals surface area contributed by atoms with E-state index in [1.807, 2.05) is 0 Å². The van der Waals surface area contributed by atoms with Crippen molar-refractivity contribution in [3.63, 3.8) is 0 Å². The number of hydrogen-bond donors (Lipinski definition) is 3. The summed E-state index contributed by atoms with van der Waals surface area (Å²) in [7, 11) is 0. The van der Waals surface area contributed by atoms with Gasteiger partial charge in [0.15, 0.2) is 0 Å². The Morgan fingerprint density at radius 2 is 1.90 bits per heavy atom. The summed E-state index contributed by atoms with van der Waals surface area (Å²) in [6.45, 7) is -2.67. The number of benzene rings is 1. The van der Waals surface area contributed by atoms with Crippen molar-refractivity contribution in [2.45, 2.75) is 19.5 Å². The van der Waals surface area contributed by atoms with Crippen LogP contribution in [0, 0.1) is 0 Å². The summed E-state index contributed by atoms with van der Waals surface area (Å²) < 4.78 is 28.0. The van der Waals surface area contributed by atoms with Gasteiger partial charge in [-0.2, -0.15) is 8.78 Å². The Kier molecular flexibility index (Phi) is 6.21. The molecule has 0 aliphatic heterocycles. The normalized spacial score (nSPS) is 10.2. The largest absolute Gasteiger partial charge is 0.481 e. The molecule has 0 unspecified atom stereocenters. The van der Waals surface area contributed by atoms with E-state index >= 15 is 0 Å². The minimum atomic E-state index is -2.90. The standard InChI is InChI=1S/C12H14F2N2O4/c13-11(14)20-9-5-3-8(4-6-9)16-12(19)15-7-1-2-10(17)18/h3-6,11H,1-2,7H2,(H,17,18)(H2,15,16,19). The lowest BCUT2D eigenvalue weighted by atomic mass is 10.3. The topological polar surface area (TPSA) is 87.7 Å². The van der Waals surface area contributed by atoms with Crippen molar-refractivity contribution in [1.82, 2.24) is 5.32 Å². The molecule has 0 aliphatic carbocycles. The number of carboxylic acid groups (broad SMARTS) is 1. The van der Waals surface area contributed by atoms with Gasteiger partial charge < -0.3 is 20.5 Å². The Hall–Kier alpha value is -2.38. The number of halogens is 2. The Morgan fingerprint density at radius 3 is 2.45 bits per heavy atom. The number of carbonyl (C=O) groups is 2. The van der Waals surface area contributed by atoms with Gasteiger partial charge in [0.2, 0.25) is 0 Å². The molecule has 0 saturated carbocycles. The maximum absolute atomic E-state index is 11.9. The molecule has 0 radical (unpaired) electrons. The van der Waals surface area contributed by atoms with Crippen molar-refractivity contribution in [3.8, 4) is 5.75 Å². The molecule has 3 N–H and O–H groups in total. The molecule has 2 amide bonds. The van der Waals surface area contributed by atoms with Gasteiger partial charge in [-0.15, -0.1) is 0 Å². The van der Waals surface area contributed by atoms with Gasteiger partial charge in [-0.05, 0) is 30.7 Å². The van der Waals surface area contributed by atoms with E-state index in [2.05, 4.69) is 15.4 Å². The van der Waals surface area contributed by atoms with E-state index in [1.165, 1.54) is 24.3 Å². The van der Waals surface area contributed by atoms with Crippen LogP contribution in [0.4, 0.5) is 19.3 Å². The summed E-state index contributed by atoms with van der Waals surface area (Å²) in [6.07, 6.45) is 0.295. The number of hydrogen-bond acceptors (Lipinski definition) is 3. The van der Waals surface area contributed by atoms with Crippen LogP contribution in [0.25, 0.3) is 0 Å². The number of anilines is 1. The number of ether oxygens (including phenoxy) is 1. The lowest BCUT2D eigenvalue weighted by Gasteiger charge is -2.08. The maximum Gasteiger partial charge on any atom is 0.387 e. The quantitative estimate of drug-likeness (QED) is 0.672. The number of carbonyl (C=O) groups excluding carboxylic acids is 1. The molecule has 0 spiro atoms. The molecular formula is C12H14F2N2O4. The molecule has 1 rings (SSSR count). The Bertz CT molecular complexity index is 451. The first-order chi connectivity index (χ1) is 9.47. The van der Waals surface area contributed by atoms with Crippen LogP contribution in [-0.2, 0) is 4.79 Å². The summed E-state index contributed by atoms with van der Waals surface area (Å²) in [4.78, 5) is 21.6. The van der Waals surface area contributed by atoms with Crippen LogP contribution in [0.15, 0.2) is 24.3 Å². The second kappa shape index (κ2) is 7.93. The van der Waals surface area contributed by atoms with Crippen molar-refractivity contribution >= 4 is 17.7 Å². The van der Waals surface area contributed by atoms with Crippen molar-refractivity contribution in [3.05, 3.63) is 24.3 Å². The summed E-state index contributed by atoms with van der Waals surface area (Å²) in [5, 5.41) is 13.3. The van der Waals surface area contributed by atoms with Gasteiger partial charge in [0.1, 0.15) is 5.75 Å². The monoisotopic (exact) mass is 288 g/mol. The van der Waals surface area contributed by atoms with Crippen LogP contribution >= 0.6 is 0 Å². The highest BCUT2D eigenvalue weighted by Crippen LogP contribution is 2.17. The molecule has 0 bridgehead atoms. The second-order valence-corrected chi connectivity index (χ2v) is 3.78. The number of nitrogens with one attached hydrogen (secondary N) is 2. The second-order valence-electron chi connectivity index (χ2n) is 3.78. The highest BCUT2D eigenvalue weighted by molar-refractivity contribution is 5.89. The van der Waals surface area contributed by atoms with E-state index < -0.39 is 18.6 Å². The fourth-order valence-electron chi connectivity index (χ4n) is 1.34. The molecule has 0 aromatic heterocycles. The van der Waals surface area contributed by atoms with Gasteiger partial charge in [-0.1, -0.05) is 0 Å². The number of rotatable bonds is 7. The maximum atomic E-state index is 11.9. The first-order valence-electron chi connectivity index (χ1n) is 5.79. The predicted molar refractivity (Wildman–Crippen MR) is 67.0 cm³/mol. The zero-order valence-electron chi connectivity index (χ0n) is 10.4. The number of urea groups is 1. The Morgan fingerprint density at radius 1 is 1.25 bits per heavy atom. The van der Waals surface area contributed by atoms with Crippen LogP contribution in [0.1, 0.15) is 12.8 Å². The summed E-state index contributed by atoms with van der Waals surface area (Å²) in [5.41, 5.74) is 0.405. The SMILES string of the molecule is O=C(O)CCCNC(=O)Nc1ccc(OC(F)F)cc1. The van der Waals surface area contributed by atoms with Gasteiger partial charge >= 0.3 is 18.6 Å². The molecular weight excluding hydrogens is 274 g/mol. The van der Waals surface area contributed by atoms with Gasteiger partial charge in [0.05, 0.1) is 0 Å². The van der Waals surface area contributed by atoms with E-state index in [1.54, 1.807) is 0 Å². The van der Waals surface area contributed by atoms with Gasteiger partial charge in [-0.25, -0.2) is 4.79 Å². The van der Waals surface area contributed by atoms with Crippen LogP contribution in [0.2, 0.25) is 0 Å².